The van der Waals surface area contributed by atoms with Gasteiger partial charge in [-0.05, 0) is 50.1 Å². The number of hydrogen-bond donors (Lipinski definition) is 1. The summed E-state index contributed by atoms with van der Waals surface area (Å²) >= 11 is 0. The average Bonchev–Trinajstić information content (AvgIpc) is 3.15. The van der Waals surface area contributed by atoms with E-state index in [1.165, 1.54) is 7.05 Å². The summed E-state index contributed by atoms with van der Waals surface area (Å²) in [5.74, 6) is 0.164. The lowest BCUT2D eigenvalue weighted by molar-refractivity contribution is -0.00708. The lowest BCUT2D eigenvalue weighted by atomic mass is 9.98. The van der Waals surface area contributed by atoms with Crippen LogP contribution < -0.4 is 11.2 Å². The van der Waals surface area contributed by atoms with Crippen molar-refractivity contribution in [2.24, 2.45) is 14.1 Å². The highest BCUT2D eigenvalue weighted by Gasteiger charge is 2.40. The van der Waals surface area contributed by atoms with Gasteiger partial charge < -0.3 is 14.4 Å². The highest BCUT2D eigenvalue weighted by molar-refractivity contribution is 5.97. The molecule has 0 aliphatic carbocycles. The minimum absolute atomic E-state index is 0.164. The van der Waals surface area contributed by atoms with Crippen molar-refractivity contribution < 1.29 is 9.84 Å². The molecule has 0 amide bonds. The predicted octanol–water partition coefficient (Wildman–Crippen LogP) is 3.57. The van der Waals surface area contributed by atoms with E-state index in [-0.39, 0.29) is 17.0 Å². The van der Waals surface area contributed by atoms with E-state index < -0.39 is 11.6 Å². The van der Waals surface area contributed by atoms with Crippen LogP contribution in [-0.2, 0) is 24.4 Å². The van der Waals surface area contributed by atoms with Crippen molar-refractivity contribution in [3.8, 4) is 17.0 Å². The molecule has 0 bridgehead atoms. The quantitative estimate of drug-likeness (QED) is 0.512. The van der Waals surface area contributed by atoms with E-state index in [9.17, 15) is 14.7 Å². The van der Waals surface area contributed by atoms with Crippen LogP contribution in [0.2, 0.25) is 0 Å². The molecule has 0 fully saturated rings. The molecule has 1 atom stereocenters. The van der Waals surface area contributed by atoms with Crippen molar-refractivity contribution in [1.82, 2.24) is 13.7 Å². The molecule has 2 aromatic carbocycles. The number of aryl methyl sites for hydroxylation is 2. The number of aromatic hydroxyl groups is 1. The summed E-state index contributed by atoms with van der Waals surface area (Å²) in [7, 11) is 3.21. The Morgan fingerprint density at radius 2 is 1.73 bits per heavy atom. The third kappa shape index (κ3) is 3.07. The minimum Gasteiger partial charge on any atom is -0.508 e. The highest BCUT2D eigenvalue weighted by atomic mass is 16.5. The number of benzene rings is 2. The number of fused-ring (bicyclic) bond motifs is 3. The van der Waals surface area contributed by atoms with Gasteiger partial charge in [-0.3, -0.25) is 13.9 Å². The van der Waals surface area contributed by atoms with E-state index in [0.29, 0.717) is 17.5 Å². The third-order valence-corrected chi connectivity index (χ3v) is 6.55. The summed E-state index contributed by atoms with van der Waals surface area (Å²) in [6.45, 7) is 6.58. The Morgan fingerprint density at radius 3 is 2.39 bits per heavy atom. The van der Waals surface area contributed by atoms with Crippen LogP contribution in [0.3, 0.4) is 0 Å². The van der Waals surface area contributed by atoms with E-state index in [1.54, 1.807) is 23.7 Å². The Kier molecular flexibility index (Phi) is 4.65. The van der Waals surface area contributed by atoms with Crippen LogP contribution in [0.4, 0.5) is 0 Å². The lowest BCUT2D eigenvalue weighted by Crippen LogP contribution is -2.40. The Hall–Kier alpha value is -3.58. The number of phenols is 1. The van der Waals surface area contributed by atoms with Gasteiger partial charge in [-0.1, -0.05) is 35.9 Å². The summed E-state index contributed by atoms with van der Waals surface area (Å²) in [6.07, 6.45) is -0.502. The van der Waals surface area contributed by atoms with Gasteiger partial charge in [0.25, 0.3) is 5.56 Å². The van der Waals surface area contributed by atoms with Crippen LogP contribution in [0.5, 0.6) is 5.75 Å². The molecule has 0 spiro atoms. The first-order chi connectivity index (χ1) is 15.6. The molecule has 170 valence electrons. The Labute approximate surface area is 191 Å². The van der Waals surface area contributed by atoms with Crippen LogP contribution in [0.1, 0.15) is 36.8 Å². The SMILES string of the molecule is Cc1cccc(-c2c3c(=O)n(C)c(=O)n(C)c3c3n2C(C)(C)COC3c2ccc(O)cc2)c1. The van der Waals surface area contributed by atoms with E-state index in [0.717, 1.165) is 32.6 Å². The molecule has 0 saturated carbocycles. The first kappa shape index (κ1) is 21.3. The summed E-state index contributed by atoms with van der Waals surface area (Å²) < 4.78 is 11.2. The van der Waals surface area contributed by atoms with Crippen molar-refractivity contribution in [3.05, 3.63) is 86.2 Å². The number of aromatic nitrogens is 3. The molecule has 1 unspecified atom stereocenters. The minimum atomic E-state index is -0.502. The molecule has 2 aromatic heterocycles. The van der Waals surface area contributed by atoms with Gasteiger partial charge in [0.15, 0.2) is 0 Å². The topological polar surface area (TPSA) is 78.4 Å². The zero-order valence-electron chi connectivity index (χ0n) is 19.4. The van der Waals surface area contributed by atoms with Gasteiger partial charge in [0.05, 0.1) is 34.4 Å². The first-order valence-corrected chi connectivity index (χ1v) is 10.9. The standard InChI is InChI=1S/C26H27N3O4/c1-15-7-6-8-17(13-15)20-19-21(27(4)25(32)28(5)24(19)31)22-23(16-9-11-18(30)12-10-16)33-14-26(2,3)29(20)22/h6-13,23,30H,14H2,1-5H3. The van der Waals surface area contributed by atoms with Crippen LogP contribution in [-0.4, -0.2) is 25.4 Å². The van der Waals surface area contributed by atoms with Crippen molar-refractivity contribution in [2.45, 2.75) is 32.4 Å². The number of phenolic OH excluding ortho intramolecular Hbond substituents is 1. The highest BCUT2D eigenvalue weighted by Crippen LogP contribution is 2.45. The van der Waals surface area contributed by atoms with Gasteiger partial charge in [0.1, 0.15) is 11.9 Å². The van der Waals surface area contributed by atoms with Crippen molar-refractivity contribution in [2.75, 3.05) is 6.61 Å². The third-order valence-electron chi connectivity index (χ3n) is 6.55. The Balaban J connectivity index is 2.01. The molecule has 3 heterocycles. The molecule has 0 radical (unpaired) electrons. The summed E-state index contributed by atoms with van der Waals surface area (Å²) in [5, 5.41) is 10.3. The Morgan fingerprint density at radius 1 is 1.03 bits per heavy atom. The predicted molar refractivity (Wildman–Crippen MR) is 128 cm³/mol. The number of nitrogens with zero attached hydrogens (tertiary/aromatic N) is 3. The zero-order chi connectivity index (χ0) is 23.7. The fourth-order valence-corrected chi connectivity index (χ4v) is 4.97. The zero-order valence-corrected chi connectivity index (χ0v) is 19.4. The molecule has 7 nitrogen and oxygen atoms in total. The fourth-order valence-electron chi connectivity index (χ4n) is 4.97. The second kappa shape index (κ2) is 7.22. The molecule has 5 rings (SSSR count). The molecular formula is C26H27N3O4. The first-order valence-electron chi connectivity index (χ1n) is 10.9. The molecule has 7 heteroatoms. The lowest BCUT2D eigenvalue weighted by Gasteiger charge is -2.39. The van der Waals surface area contributed by atoms with Crippen LogP contribution in [0.25, 0.3) is 22.2 Å². The average molecular weight is 446 g/mol. The summed E-state index contributed by atoms with van der Waals surface area (Å²) in [4.78, 5) is 26.5. The number of hydrogen-bond acceptors (Lipinski definition) is 4. The van der Waals surface area contributed by atoms with Gasteiger partial charge >= 0.3 is 5.69 Å². The Bertz CT molecular complexity index is 1520. The van der Waals surface area contributed by atoms with E-state index in [4.69, 9.17) is 4.74 Å². The fraction of sp³-hybridized carbons (Fsp3) is 0.308. The van der Waals surface area contributed by atoms with Gasteiger partial charge in [-0.25, -0.2) is 4.79 Å². The largest absolute Gasteiger partial charge is 0.508 e. The van der Waals surface area contributed by atoms with Gasteiger partial charge in [-0.2, -0.15) is 0 Å². The summed E-state index contributed by atoms with van der Waals surface area (Å²) in [5.41, 5.74) is 3.79. The normalized spacial score (nSPS) is 17.3. The second-order valence-corrected chi connectivity index (χ2v) is 9.46. The van der Waals surface area contributed by atoms with Gasteiger partial charge in [0.2, 0.25) is 0 Å². The molecule has 1 aliphatic rings. The van der Waals surface area contributed by atoms with E-state index >= 15 is 0 Å². The molecule has 1 aliphatic heterocycles. The van der Waals surface area contributed by atoms with Crippen LogP contribution >= 0.6 is 0 Å². The van der Waals surface area contributed by atoms with Crippen molar-refractivity contribution in [3.63, 3.8) is 0 Å². The maximum Gasteiger partial charge on any atom is 0.331 e. The molecule has 4 aromatic rings. The number of rotatable bonds is 2. The van der Waals surface area contributed by atoms with E-state index in [1.807, 2.05) is 37.3 Å². The maximum absolute atomic E-state index is 13.6. The molecule has 0 saturated heterocycles. The molecule has 33 heavy (non-hydrogen) atoms. The molecule has 1 N–H and O–H groups in total. The maximum atomic E-state index is 13.6. The van der Waals surface area contributed by atoms with Crippen molar-refractivity contribution in [1.29, 1.82) is 0 Å². The summed E-state index contributed by atoms with van der Waals surface area (Å²) in [6, 6.07) is 14.9. The monoisotopic (exact) mass is 445 g/mol. The van der Waals surface area contributed by atoms with E-state index in [2.05, 4.69) is 24.5 Å². The smallest absolute Gasteiger partial charge is 0.331 e. The second-order valence-electron chi connectivity index (χ2n) is 9.46. The molecular weight excluding hydrogens is 418 g/mol. The van der Waals surface area contributed by atoms with Crippen LogP contribution in [0.15, 0.2) is 58.1 Å². The van der Waals surface area contributed by atoms with Gasteiger partial charge in [0, 0.05) is 14.1 Å². The number of ether oxygens (including phenoxy) is 1. The van der Waals surface area contributed by atoms with Gasteiger partial charge in [-0.15, -0.1) is 0 Å². The van der Waals surface area contributed by atoms with Crippen molar-refractivity contribution >= 4 is 10.9 Å². The van der Waals surface area contributed by atoms with Crippen LogP contribution in [0, 0.1) is 6.92 Å².